The van der Waals surface area contributed by atoms with Crippen molar-refractivity contribution < 1.29 is 9.47 Å². The van der Waals surface area contributed by atoms with Crippen LogP contribution in [0.15, 0.2) is 22.7 Å². The van der Waals surface area contributed by atoms with Crippen molar-refractivity contribution in [3.63, 3.8) is 0 Å². The van der Waals surface area contributed by atoms with Crippen LogP contribution >= 0.6 is 15.9 Å². The molecule has 0 bridgehead atoms. The number of rotatable bonds is 8. The van der Waals surface area contributed by atoms with Crippen LogP contribution in [0.4, 0.5) is 0 Å². The monoisotopic (exact) mass is 355 g/mol. The van der Waals surface area contributed by atoms with Crippen molar-refractivity contribution in [3.8, 4) is 5.75 Å². The van der Waals surface area contributed by atoms with Gasteiger partial charge in [-0.1, -0.05) is 22.9 Å². The van der Waals surface area contributed by atoms with E-state index >= 15 is 0 Å². The SMILES string of the molecule is CCNC(Cc1cc(Br)ccc1OC)CC1(OC)CCC1. The molecule has 3 nitrogen and oxygen atoms in total. The molecule has 1 aromatic rings. The molecule has 0 saturated heterocycles. The number of halogens is 1. The Kier molecular flexibility index (Phi) is 6.08. The molecule has 0 heterocycles. The van der Waals surface area contributed by atoms with Crippen LogP contribution in [0.2, 0.25) is 0 Å². The molecule has 4 heteroatoms. The minimum absolute atomic E-state index is 0.0894. The molecule has 21 heavy (non-hydrogen) atoms. The molecule has 1 atom stereocenters. The molecule has 2 rings (SSSR count). The molecule has 1 unspecified atom stereocenters. The molecular formula is C17H26BrNO2. The van der Waals surface area contributed by atoms with Gasteiger partial charge in [-0.3, -0.25) is 0 Å². The third-order valence-electron chi connectivity index (χ3n) is 4.52. The van der Waals surface area contributed by atoms with Crippen LogP contribution in [0.3, 0.4) is 0 Å². The van der Waals surface area contributed by atoms with E-state index in [1.54, 1.807) is 7.11 Å². The van der Waals surface area contributed by atoms with E-state index in [1.165, 1.54) is 24.8 Å². The summed E-state index contributed by atoms with van der Waals surface area (Å²) in [6.07, 6.45) is 5.67. The van der Waals surface area contributed by atoms with Gasteiger partial charge in [0, 0.05) is 17.6 Å². The highest BCUT2D eigenvalue weighted by atomic mass is 79.9. The van der Waals surface area contributed by atoms with Gasteiger partial charge in [-0.2, -0.15) is 0 Å². The highest BCUT2D eigenvalue weighted by molar-refractivity contribution is 9.10. The summed E-state index contributed by atoms with van der Waals surface area (Å²) >= 11 is 3.55. The summed E-state index contributed by atoms with van der Waals surface area (Å²) in [5.41, 5.74) is 1.33. The first kappa shape index (κ1) is 16.8. The van der Waals surface area contributed by atoms with Crippen molar-refractivity contribution >= 4 is 15.9 Å². The fourth-order valence-electron chi connectivity index (χ4n) is 3.19. The first-order valence-corrected chi connectivity index (χ1v) is 8.52. The molecular weight excluding hydrogens is 330 g/mol. The Morgan fingerprint density at radius 2 is 2.10 bits per heavy atom. The van der Waals surface area contributed by atoms with Gasteiger partial charge in [-0.25, -0.2) is 0 Å². The number of benzene rings is 1. The number of hydrogen-bond donors (Lipinski definition) is 1. The van der Waals surface area contributed by atoms with Crippen LogP contribution in [0.5, 0.6) is 5.75 Å². The predicted molar refractivity (Wildman–Crippen MR) is 90.1 cm³/mol. The number of ether oxygens (including phenoxy) is 2. The summed E-state index contributed by atoms with van der Waals surface area (Å²) in [6.45, 7) is 3.13. The summed E-state index contributed by atoms with van der Waals surface area (Å²) in [5.74, 6) is 0.959. The molecule has 1 fully saturated rings. The van der Waals surface area contributed by atoms with E-state index in [9.17, 15) is 0 Å². The zero-order valence-corrected chi connectivity index (χ0v) is 14.8. The average molecular weight is 356 g/mol. The molecule has 0 aliphatic heterocycles. The Morgan fingerprint density at radius 1 is 1.33 bits per heavy atom. The quantitative estimate of drug-likeness (QED) is 0.765. The molecule has 0 aromatic heterocycles. The smallest absolute Gasteiger partial charge is 0.122 e. The van der Waals surface area contributed by atoms with Gasteiger partial charge < -0.3 is 14.8 Å². The van der Waals surface area contributed by atoms with Gasteiger partial charge in [0.2, 0.25) is 0 Å². The molecule has 1 saturated carbocycles. The summed E-state index contributed by atoms with van der Waals surface area (Å²) < 4.78 is 12.4. The summed E-state index contributed by atoms with van der Waals surface area (Å²) in [6, 6.07) is 6.62. The maximum atomic E-state index is 5.79. The largest absolute Gasteiger partial charge is 0.496 e. The molecule has 1 aliphatic carbocycles. The van der Waals surface area contributed by atoms with Gasteiger partial charge in [0.25, 0.3) is 0 Å². The van der Waals surface area contributed by atoms with Crippen LogP contribution in [-0.4, -0.2) is 32.4 Å². The van der Waals surface area contributed by atoms with Crippen molar-refractivity contribution in [2.75, 3.05) is 20.8 Å². The minimum Gasteiger partial charge on any atom is -0.496 e. The van der Waals surface area contributed by atoms with E-state index in [4.69, 9.17) is 9.47 Å². The molecule has 118 valence electrons. The van der Waals surface area contributed by atoms with Crippen molar-refractivity contribution in [1.82, 2.24) is 5.32 Å². The van der Waals surface area contributed by atoms with Crippen LogP contribution in [0.25, 0.3) is 0 Å². The van der Waals surface area contributed by atoms with Crippen molar-refractivity contribution in [3.05, 3.63) is 28.2 Å². The van der Waals surface area contributed by atoms with Crippen molar-refractivity contribution in [2.45, 2.75) is 50.7 Å². The van der Waals surface area contributed by atoms with E-state index in [2.05, 4.69) is 34.2 Å². The number of nitrogens with one attached hydrogen (secondary N) is 1. The topological polar surface area (TPSA) is 30.5 Å². The second-order valence-corrected chi connectivity index (χ2v) is 6.78. The fourth-order valence-corrected chi connectivity index (χ4v) is 3.60. The lowest BCUT2D eigenvalue weighted by molar-refractivity contribution is -0.0833. The maximum absolute atomic E-state index is 5.79. The van der Waals surface area contributed by atoms with Crippen LogP contribution in [-0.2, 0) is 11.2 Å². The van der Waals surface area contributed by atoms with Crippen molar-refractivity contribution in [2.24, 2.45) is 0 Å². The fraction of sp³-hybridized carbons (Fsp3) is 0.647. The van der Waals surface area contributed by atoms with E-state index in [-0.39, 0.29) is 5.60 Å². The highest BCUT2D eigenvalue weighted by Crippen LogP contribution is 2.39. The zero-order valence-electron chi connectivity index (χ0n) is 13.2. The number of likely N-dealkylation sites (N-methyl/N-ethyl adjacent to an activating group) is 1. The molecule has 1 N–H and O–H groups in total. The molecule has 1 aliphatic rings. The zero-order chi connectivity index (χ0) is 15.3. The third kappa shape index (κ3) is 4.21. The van der Waals surface area contributed by atoms with Gasteiger partial charge in [-0.05, 0) is 62.4 Å². The first-order chi connectivity index (χ1) is 10.1. The van der Waals surface area contributed by atoms with Crippen molar-refractivity contribution in [1.29, 1.82) is 0 Å². The Morgan fingerprint density at radius 3 is 2.62 bits per heavy atom. The normalized spacial score (nSPS) is 18.1. The van der Waals surface area contributed by atoms with Gasteiger partial charge in [0.1, 0.15) is 5.75 Å². The second kappa shape index (κ2) is 7.61. The minimum atomic E-state index is 0.0894. The predicted octanol–water partition coefficient (Wildman–Crippen LogP) is 3.94. The Hall–Kier alpha value is -0.580. The van der Waals surface area contributed by atoms with E-state index < -0.39 is 0 Å². The Balaban J connectivity index is 2.10. The van der Waals surface area contributed by atoms with Crippen LogP contribution in [0.1, 0.15) is 38.2 Å². The molecule has 0 amide bonds. The summed E-state index contributed by atoms with van der Waals surface area (Å²) in [5, 5.41) is 3.61. The van der Waals surface area contributed by atoms with E-state index in [1.807, 2.05) is 19.2 Å². The lowest BCUT2D eigenvalue weighted by atomic mass is 9.75. The Bertz CT molecular complexity index is 455. The van der Waals surface area contributed by atoms with Gasteiger partial charge in [0.15, 0.2) is 0 Å². The first-order valence-electron chi connectivity index (χ1n) is 7.73. The second-order valence-electron chi connectivity index (χ2n) is 5.86. The highest BCUT2D eigenvalue weighted by Gasteiger charge is 2.38. The van der Waals surface area contributed by atoms with Crippen LogP contribution in [0, 0.1) is 0 Å². The average Bonchev–Trinajstić information content (AvgIpc) is 2.43. The lowest BCUT2D eigenvalue weighted by Crippen LogP contribution is -2.46. The number of methoxy groups -OCH3 is 2. The summed E-state index contributed by atoms with van der Waals surface area (Å²) in [4.78, 5) is 0. The van der Waals surface area contributed by atoms with E-state index in [0.29, 0.717) is 6.04 Å². The standard InChI is InChI=1S/C17H26BrNO2/c1-4-19-15(12-17(21-3)8-5-9-17)11-13-10-14(18)6-7-16(13)20-2/h6-7,10,15,19H,4-5,8-9,11-12H2,1-3H3. The van der Waals surface area contributed by atoms with Gasteiger partial charge >= 0.3 is 0 Å². The van der Waals surface area contributed by atoms with E-state index in [0.717, 1.165) is 29.6 Å². The summed E-state index contributed by atoms with van der Waals surface area (Å²) in [7, 11) is 3.58. The maximum Gasteiger partial charge on any atom is 0.122 e. The van der Waals surface area contributed by atoms with Crippen LogP contribution < -0.4 is 10.1 Å². The molecule has 1 aromatic carbocycles. The van der Waals surface area contributed by atoms with Gasteiger partial charge in [-0.15, -0.1) is 0 Å². The molecule has 0 radical (unpaired) electrons. The molecule has 0 spiro atoms. The van der Waals surface area contributed by atoms with Gasteiger partial charge in [0.05, 0.1) is 12.7 Å². The lowest BCUT2D eigenvalue weighted by Gasteiger charge is -2.43. The number of hydrogen-bond acceptors (Lipinski definition) is 3. The Labute approximate surface area is 136 Å². The third-order valence-corrected chi connectivity index (χ3v) is 5.01.